The molecule has 0 saturated carbocycles. The second kappa shape index (κ2) is 11.4. The Labute approximate surface area is 209 Å². The lowest BCUT2D eigenvalue weighted by molar-refractivity contribution is -0.152. The largest absolute Gasteiger partial charge is 0.497 e. The van der Waals surface area contributed by atoms with Gasteiger partial charge in [-0.3, -0.25) is 9.78 Å². The van der Waals surface area contributed by atoms with Crippen LogP contribution in [0.15, 0.2) is 53.8 Å². The molecule has 0 aliphatic carbocycles. The van der Waals surface area contributed by atoms with Gasteiger partial charge in [-0.15, -0.1) is 11.8 Å². The summed E-state index contributed by atoms with van der Waals surface area (Å²) in [5.74, 6) is 0.971. The number of piperidine rings is 1. The number of hydrogen-bond donors (Lipinski definition) is 2. The number of halogens is 1. The fourth-order valence-electron chi connectivity index (χ4n) is 4.82. The number of nitrogens with one attached hydrogen (secondary N) is 1. The van der Waals surface area contributed by atoms with Crippen molar-refractivity contribution in [2.24, 2.45) is 5.41 Å². The summed E-state index contributed by atoms with van der Waals surface area (Å²) in [6, 6.07) is 11.8. The highest BCUT2D eigenvalue weighted by molar-refractivity contribution is 7.99. The first kappa shape index (κ1) is 24.8. The smallest absolute Gasteiger partial charge is 0.309 e. The van der Waals surface area contributed by atoms with Crippen LogP contribution in [0.4, 0.5) is 0 Å². The summed E-state index contributed by atoms with van der Waals surface area (Å²) in [7, 11) is 1.64. The monoisotopic (exact) mass is 499 g/mol. The minimum absolute atomic E-state index is 0.190. The number of nitrogens with zero attached hydrogens (tertiary/aromatic N) is 2. The van der Waals surface area contributed by atoms with E-state index >= 15 is 0 Å². The molecule has 34 heavy (non-hydrogen) atoms. The van der Waals surface area contributed by atoms with Crippen molar-refractivity contribution in [3.63, 3.8) is 0 Å². The average molecular weight is 500 g/mol. The summed E-state index contributed by atoms with van der Waals surface area (Å²) in [5, 5.41) is 16.3. The number of aryl methyl sites for hydroxylation is 1. The van der Waals surface area contributed by atoms with Gasteiger partial charge in [-0.05, 0) is 81.0 Å². The highest BCUT2D eigenvalue weighted by Crippen LogP contribution is 2.39. The molecule has 3 heterocycles. The minimum atomic E-state index is -0.710. The summed E-state index contributed by atoms with van der Waals surface area (Å²) < 4.78 is 5.38. The van der Waals surface area contributed by atoms with Gasteiger partial charge in [0.2, 0.25) is 0 Å². The molecule has 4 rings (SSSR count). The van der Waals surface area contributed by atoms with Gasteiger partial charge in [-0.2, -0.15) is 0 Å². The lowest BCUT2D eigenvalue weighted by Crippen LogP contribution is -2.48. The third kappa shape index (κ3) is 5.82. The number of thioether (sulfide) groups is 1. The summed E-state index contributed by atoms with van der Waals surface area (Å²) in [4.78, 5) is 21.2. The predicted molar refractivity (Wildman–Crippen MR) is 137 cm³/mol. The van der Waals surface area contributed by atoms with Crippen molar-refractivity contribution < 1.29 is 14.6 Å². The van der Waals surface area contributed by atoms with Crippen molar-refractivity contribution in [1.82, 2.24) is 15.3 Å². The topological polar surface area (TPSA) is 84.3 Å². The lowest BCUT2D eigenvalue weighted by Gasteiger charge is -2.38. The Morgan fingerprint density at radius 2 is 2.21 bits per heavy atom. The van der Waals surface area contributed by atoms with Gasteiger partial charge in [0.25, 0.3) is 0 Å². The third-order valence-corrected chi connectivity index (χ3v) is 8.00. The van der Waals surface area contributed by atoms with Gasteiger partial charge in [-0.1, -0.05) is 17.7 Å². The van der Waals surface area contributed by atoms with Crippen LogP contribution in [0.2, 0.25) is 5.02 Å². The number of carbonyl (C=O) groups is 1. The Kier molecular flexibility index (Phi) is 8.29. The SMILES string of the molecule is COc1ccc2ncc(Cl)c(CCCC3(C(=O)O)CCNC(CCSc4ccccn4)C3)c2c1. The molecule has 2 atom stereocenters. The first-order chi connectivity index (χ1) is 16.5. The van der Waals surface area contributed by atoms with Gasteiger partial charge in [0.15, 0.2) is 0 Å². The third-order valence-electron chi connectivity index (χ3n) is 6.70. The fourth-order valence-corrected chi connectivity index (χ4v) is 5.99. The highest BCUT2D eigenvalue weighted by Gasteiger charge is 2.42. The molecule has 0 amide bonds. The van der Waals surface area contributed by atoms with Gasteiger partial charge in [0.1, 0.15) is 5.75 Å². The molecule has 1 aliphatic rings. The highest BCUT2D eigenvalue weighted by atomic mass is 35.5. The van der Waals surface area contributed by atoms with Crippen LogP contribution in [0.25, 0.3) is 10.9 Å². The molecule has 1 aromatic carbocycles. The normalized spacial score (nSPS) is 20.4. The standard InChI is InChI=1S/C26H30ClN3O3S/c1-33-19-7-8-23-21(15-19)20(22(27)17-30-23)5-4-10-26(25(31)32)11-13-28-18(16-26)9-14-34-24-6-2-3-12-29-24/h2-3,6-8,12,15,17-18,28H,4-5,9-11,13-14,16H2,1H3,(H,31,32). The zero-order chi connectivity index (χ0) is 24.0. The zero-order valence-electron chi connectivity index (χ0n) is 19.3. The van der Waals surface area contributed by atoms with E-state index in [4.69, 9.17) is 16.3 Å². The number of ether oxygens (including phenoxy) is 1. The van der Waals surface area contributed by atoms with Crippen LogP contribution >= 0.6 is 23.4 Å². The van der Waals surface area contributed by atoms with Crippen LogP contribution in [0.3, 0.4) is 0 Å². The van der Waals surface area contributed by atoms with Crippen LogP contribution in [-0.2, 0) is 11.2 Å². The van der Waals surface area contributed by atoms with Crippen molar-refractivity contribution in [3.8, 4) is 5.75 Å². The molecule has 6 nitrogen and oxygen atoms in total. The second-order valence-corrected chi connectivity index (χ2v) is 10.3. The number of aromatic nitrogens is 2. The van der Waals surface area contributed by atoms with Crippen molar-refractivity contribution in [1.29, 1.82) is 0 Å². The number of methoxy groups -OCH3 is 1. The number of carboxylic acids is 1. The quantitative estimate of drug-likeness (QED) is 0.350. The van der Waals surface area contributed by atoms with Crippen LogP contribution in [0.1, 0.15) is 37.7 Å². The fraction of sp³-hybridized carbons (Fsp3) is 0.423. The molecule has 8 heteroatoms. The maximum absolute atomic E-state index is 12.4. The summed E-state index contributed by atoms with van der Waals surface area (Å²) in [5.41, 5.74) is 1.15. The number of pyridine rings is 2. The van der Waals surface area contributed by atoms with Crippen LogP contribution < -0.4 is 10.1 Å². The van der Waals surface area contributed by atoms with E-state index in [1.807, 2.05) is 36.4 Å². The van der Waals surface area contributed by atoms with E-state index in [0.717, 1.165) is 52.4 Å². The Bertz CT molecular complexity index is 1130. The average Bonchev–Trinajstić information content (AvgIpc) is 2.86. The molecule has 2 N–H and O–H groups in total. The summed E-state index contributed by atoms with van der Waals surface area (Å²) in [6.07, 6.45) is 7.75. The predicted octanol–water partition coefficient (Wildman–Crippen LogP) is 5.62. The first-order valence-electron chi connectivity index (χ1n) is 11.6. The molecular weight excluding hydrogens is 470 g/mol. The van der Waals surface area contributed by atoms with Crippen LogP contribution in [0.5, 0.6) is 5.75 Å². The number of benzene rings is 1. The first-order valence-corrected chi connectivity index (χ1v) is 13.0. The summed E-state index contributed by atoms with van der Waals surface area (Å²) >= 11 is 8.23. The van der Waals surface area contributed by atoms with E-state index in [1.54, 1.807) is 31.3 Å². The van der Waals surface area contributed by atoms with Gasteiger partial charge in [-0.25, -0.2) is 4.98 Å². The summed E-state index contributed by atoms with van der Waals surface area (Å²) in [6.45, 7) is 0.724. The van der Waals surface area contributed by atoms with Crippen molar-refractivity contribution in [3.05, 3.63) is 59.4 Å². The number of aliphatic carboxylic acids is 1. The molecule has 3 aromatic rings. The molecule has 0 radical (unpaired) electrons. The molecule has 2 unspecified atom stereocenters. The number of rotatable bonds is 10. The molecule has 1 aliphatic heterocycles. The number of hydrogen-bond acceptors (Lipinski definition) is 6. The molecule has 180 valence electrons. The molecule has 2 aromatic heterocycles. The Morgan fingerprint density at radius 3 is 2.97 bits per heavy atom. The van der Waals surface area contributed by atoms with E-state index in [2.05, 4.69) is 15.3 Å². The maximum atomic E-state index is 12.4. The Hall–Kier alpha value is -2.35. The van der Waals surface area contributed by atoms with Gasteiger partial charge in [0, 0.05) is 29.6 Å². The van der Waals surface area contributed by atoms with E-state index in [-0.39, 0.29) is 6.04 Å². The lowest BCUT2D eigenvalue weighted by atomic mass is 9.72. The van der Waals surface area contributed by atoms with E-state index in [9.17, 15) is 9.90 Å². The number of carboxylic acid groups (broad SMARTS) is 1. The van der Waals surface area contributed by atoms with E-state index in [0.29, 0.717) is 30.7 Å². The van der Waals surface area contributed by atoms with E-state index < -0.39 is 11.4 Å². The van der Waals surface area contributed by atoms with Crippen molar-refractivity contribution in [2.45, 2.75) is 49.6 Å². The maximum Gasteiger partial charge on any atom is 0.309 e. The van der Waals surface area contributed by atoms with Gasteiger partial charge < -0.3 is 15.2 Å². The van der Waals surface area contributed by atoms with Crippen molar-refractivity contribution in [2.75, 3.05) is 19.4 Å². The second-order valence-electron chi connectivity index (χ2n) is 8.82. The van der Waals surface area contributed by atoms with Gasteiger partial charge >= 0.3 is 5.97 Å². The Balaban J connectivity index is 1.40. The van der Waals surface area contributed by atoms with Crippen molar-refractivity contribution >= 4 is 40.2 Å². The minimum Gasteiger partial charge on any atom is -0.497 e. The van der Waals surface area contributed by atoms with Crippen LogP contribution in [0, 0.1) is 5.41 Å². The molecule has 0 bridgehead atoms. The molecule has 1 saturated heterocycles. The molecule has 1 fully saturated rings. The molecule has 0 spiro atoms. The van der Waals surface area contributed by atoms with Gasteiger partial charge in [0.05, 0.1) is 28.1 Å². The van der Waals surface area contributed by atoms with E-state index in [1.165, 1.54) is 0 Å². The zero-order valence-corrected chi connectivity index (χ0v) is 20.9. The van der Waals surface area contributed by atoms with Crippen LogP contribution in [-0.4, -0.2) is 46.5 Å². The Morgan fingerprint density at radius 1 is 1.32 bits per heavy atom. The molecular formula is C26H30ClN3O3S. The number of fused-ring (bicyclic) bond motifs is 1.